The zero-order chi connectivity index (χ0) is 12.7. The summed E-state index contributed by atoms with van der Waals surface area (Å²) in [5.74, 6) is -0.0925. The second kappa shape index (κ2) is 6.54. The lowest BCUT2D eigenvalue weighted by Crippen LogP contribution is -2.24. The molecule has 0 aliphatic carbocycles. The molecule has 0 saturated heterocycles. The lowest BCUT2D eigenvalue weighted by atomic mass is 10.1. The molecule has 0 spiro atoms. The molecule has 0 unspecified atom stereocenters. The summed E-state index contributed by atoms with van der Waals surface area (Å²) in [6, 6.07) is 7.30. The number of hydrogen-bond acceptors (Lipinski definition) is 3. The molecule has 0 bridgehead atoms. The Labute approximate surface area is 101 Å². The molecule has 0 atom stereocenters. The number of amides is 1. The van der Waals surface area contributed by atoms with Gasteiger partial charge in [-0.25, -0.2) is 0 Å². The van der Waals surface area contributed by atoms with Crippen LogP contribution in [-0.2, 0) is 0 Å². The smallest absolute Gasteiger partial charge is 0.251 e. The summed E-state index contributed by atoms with van der Waals surface area (Å²) in [7, 11) is 0. The summed E-state index contributed by atoms with van der Waals surface area (Å²) in [5.41, 5.74) is 7.90. The number of benzene rings is 1. The molecule has 0 radical (unpaired) electrons. The Morgan fingerprint density at radius 2 is 2.24 bits per heavy atom. The number of carbonyl (C=O) groups is 1. The first kappa shape index (κ1) is 13.0. The molecule has 0 heterocycles. The highest BCUT2D eigenvalue weighted by Crippen LogP contribution is 2.12. The zero-order valence-corrected chi connectivity index (χ0v) is 9.99. The number of nitrogens with zero attached hydrogens (tertiary/aromatic N) is 1. The SMILES string of the molecule is Cc1cc(C(=O)NCCCCC#N)ccc1N. The first-order chi connectivity index (χ1) is 8.15. The van der Waals surface area contributed by atoms with E-state index in [0.717, 1.165) is 18.4 Å². The number of rotatable bonds is 5. The van der Waals surface area contributed by atoms with Gasteiger partial charge in [0.25, 0.3) is 5.91 Å². The van der Waals surface area contributed by atoms with Crippen molar-refractivity contribution >= 4 is 11.6 Å². The van der Waals surface area contributed by atoms with Crippen LogP contribution in [0.1, 0.15) is 35.2 Å². The van der Waals surface area contributed by atoms with Gasteiger partial charge in [-0.1, -0.05) is 0 Å². The van der Waals surface area contributed by atoms with E-state index in [1.165, 1.54) is 0 Å². The minimum atomic E-state index is -0.0925. The van der Waals surface area contributed by atoms with Crippen molar-refractivity contribution in [1.29, 1.82) is 5.26 Å². The summed E-state index contributed by atoms with van der Waals surface area (Å²) in [4.78, 5) is 11.7. The lowest BCUT2D eigenvalue weighted by molar-refractivity contribution is 0.0953. The number of hydrogen-bond donors (Lipinski definition) is 2. The van der Waals surface area contributed by atoms with Crippen molar-refractivity contribution < 1.29 is 4.79 Å². The van der Waals surface area contributed by atoms with E-state index in [9.17, 15) is 4.79 Å². The van der Waals surface area contributed by atoms with E-state index in [0.29, 0.717) is 24.2 Å². The maximum Gasteiger partial charge on any atom is 0.251 e. The summed E-state index contributed by atoms with van der Waals surface area (Å²) < 4.78 is 0. The summed E-state index contributed by atoms with van der Waals surface area (Å²) in [6.45, 7) is 2.48. The normalized spacial score (nSPS) is 9.65. The second-order valence-electron chi connectivity index (χ2n) is 3.94. The molecule has 0 fully saturated rings. The van der Waals surface area contributed by atoms with E-state index < -0.39 is 0 Å². The summed E-state index contributed by atoms with van der Waals surface area (Å²) in [6.07, 6.45) is 2.18. The molecule has 4 heteroatoms. The Morgan fingerprint density at radius 3 is 2.88 bits per heavy atom. The van der Waals surface area contributed by atoms with Crippen LogP contribution >= 0.6 is 0 Å². The highest BCUT2D eigenvalue weighted by molar-refractivity contribution is 5.94. The van der Waals surface area contributed by atoms with Crippen molar-refractivity contribution in [3.05, 3.63) is 29.3 Å². The maximum atomic E-state index is 11.7. The molecule has 0 aliphatic rings. The van der Waals surface area contributed by atoms with E-state index in [1.54, 1.807) is 18.2 Å². The topological polar surface area (TPSA) is 78.9 Å². The lowest BCUT2D eigenvalue weighted by Gasteiger charge is -2.06. The molecule has 0 aliphatic heterocycles. The molecule has 0 saturated carbocycles. The minimum absolute atomic E-state index is 0.0925. The van der Waals surface area contributed by atoms with Gasteiger partial charge in [-0.15, -0.1) is 0 Å². The summed E-state index contributed by atoms with van der Waals surface area (Å²) in [5, 5.41) is 11.2. The van der Waals surface area contributed by atoms with E-state index >= 15 is 0 Å². The van der Waals surface area contributed by atoms with E-state index in [-0.39, 0.29) is 5.91 Å². The van der Waals surface area contributed by atoms with Crippen molar-refractivity contribution in [3.63, 3.8) is 0 Å². The monoisotopic (exact) mass is 231 g/mol. The van der Waals surface area contributed by atoms with Crippen LogP contribution < -0.4 is 11.1 Å². The third-order valence-corrected chi connectivity index (χ3v) is 2.53. The van der Waals surface area contributed by atoms with E-state index in [4.69, 9.17) is 11.0 Å². The Morgan fingerprint density at radius 1 is 1.47 bits per heavy atom. The first-order valence-electron chi connectivity index (χ1n) is 5.66. The molecule has 4 nitrogen and oxygen atoms in total. The van der Waals surface area contributed by atoms with Crippen LogP contribution in [0, 0.1) is 18.3 Å². The quantitative estimate of drug-likeness (QED) is 0.601. The maximum absolute atomic E-state index is 11.7. The van der Waals surface area contributed by atoms with Crippen LogP contribution in [-0.4, -0.2) is 12.5 Å². The number of nitrogens with two attached hydrogens (primary N) is 1. The molecule has 1 amide bonds. The predicted octanol–water partition coefficient (Wildman–Crippen LogP) is 2.00. The average molecular weight is 231 g/mol. The van der Waals surface area contributed by atoms with E-state index in [2.05, 4.69) is 11.4 Å². The Bertz CT molecular complexity index is 435. The van der Waals surface area contributed by atoms with E-state index in [1.807, 2.05) is 6.92 Å². The molecule has 1 aromatic rings. The second-order valence-corrected chi connectivity index (χ2v) is 3.94. The Balaban J connectivity index is 2.42. The van der Waals surface area contributed by atoms with Crippen molar-refractivity contribution in [2.24, 2.45) is 0 Å². The Kier molecular flexibility index (Phi) is 5.02. The van der Waals surface area contributed by atoms with Gasteiger partial charge in [0.05, 0.1) is 6.07 Å². The van der Waals surface area contributed by atoms with Gasteiger partial charge in [0.1, 0.15) is 0 Å². The highest BCUT2D eigenvalue weighted by Gasteiger charge is 2.05. The summed E-state index contributed by atoms with van der Waals surface area (Å²) >= 11 is 0. The van der Waals surface area contributed by atoms with Crippen LogP contribution in [0.5, 0.6) is 0 Å². The van der Waals surface area contributed by atoms with Crippen LogP contribution in [0.3, 0.4) is 0 Å². The molecule has 90 valence electrons. The fraction of sp³-hybridized carbons (Fsp3) is 0.385. The van der Waals surface area contributed by atoms with Crippen LogP contribution in [0.4, 0.5) is 5.69 Å². The van der Waals surface area contributed by atoms with Crippen molar-refractivity contribution in [3.8, 4) is 6.07 Å². The van der Waals surface area contributed by atoms with Gasteiger partial charge < -0.3 is 11.1 Å². The van der Waals surface area contributed by atoms with Crippen LogP contribution in [0.25, 0.3) is 0 Å². The van der Waals surface area contributed by atoms with Gasteiger partial charge in [0.2, 0.25) is 0 Å². The standard InChI is InChI=1S/C13H17N3O/c1-10-9-11(5-6-12(10)15)13(17)16-8-4-2-3-7-14/h5-6,9H,2-4,8,15H2,1H3,(H,16,17). The number of nitrogens with one attached hydrogen (secondary N) is 1. The van der Waals surface area contributed by atoms with Gasteiger partial charge in [0.15, 0.2) is 0 Å². The zero-order valence-electron chi connectivity index (χ0n) is 9.99. The van der Waals surface area contributed by atoms with Gasteiger partial charge in [-0.2, -0.15) is 5.26 Å². The Hall–Kier alpha value is -2.02. The van der Waals surface area contributed by atoms with Gasteiger partial charge in [-0.3, -0.25) is 4.79 Å². The molecule has 1 rings (SSSR count). The number of carbonyl (C=O) groups excluding carboxylic acids is 1. The largest absolute Gasteiger partial charge is 0.399 e. The molecule has 0 aromatic heterocycles. The van der Waals surface area contributed by atoms with Crippen molar-refractivity contribution in [2.45, 2.75) is 26.2 Å². The molecule has 17 heavy (non-hydrogen) atoms. The predicted molar refractivity (Wildman–Crippen MR) is 67.4 cm³/mol. The number of aryl methyl sites for hydroxylation is 1. The minimum Gasteiger partial charge on any atom is -0.399 e. The van der Waals surface area contributed by atoms with Gasteiger partial charge in [-0.05, 0) is 43.5 Å². The average Bonchev–Trinajstić information content (AvgIpc) is 2.32. The molecule has 1 aromatic carbocycles. The fourth-order valence-electron chi connectivity index (χ4n) is 1.45. The van der Waals surface area contributed by atoms with Gasteiger partial charge in [0, 0.05) is 24.2 Å². The number of nitrogen functional groups attached to an aromatic ring is 1. The van der Waals surface area contributed by atoms with Gasteiger partial charge >= 0.3 is 0 Å². The van der Waals surface area contributed by atoms with Crippen LogP contribution in [0.15, 0.2) is 18.2 Å². The van der Waals surface area contributed by atoms with Crippen molar-refractivity contribution in [2.75, 3.05) is 12.3 Å². The van der Waals surface area contributed by atoms with Crippen molar-refractivity contribution in [1.82, 2.24) is 5.32 Å². The molecular weight excluding hydrogens is 214 g/mol. The fourth-order valence-corrected chi connectivity index (χ4v) is 1.45. The molecular formula is C13H17N3O. The number of unbranched alkanes of at least 4 members (excludes halogenated alkanes) is 2. The number of nitriles is 1. The highest BCUT2D eigenvalue weighted by atomic mass is 16.1. The van der Waals surface area contributed by atoms with Crippen LogP contribution in [0.2, 0.25) is 0 Å². The third-order valence-electron chi connectivity index (χ3n) is 2.53. The first-order valence-corrected chi connectivity index (χ1v) is 5.66. The third kappa shape index (κ3) is 4.15. The number of anilines is 1. The molecule has 3 N–H and O–H groups in total.